The van der Waals surface area contributed by atoms with E-state index in [0.29, 0.717) is 12.1 Å². The Morgan fingerprint density at radius 2 is 1.85 bits per heavy atom. The number of halogens is 1. The van der Waals surface area contributed by atoms with E-state index in [9.17, 15) is 9.18 Å². The van der Waals surface area contributed by atoms with E-state index < -0.39 is 0 Å². The Morgan fingerprint density at radius 3 is 2.62 bits per heavy atom. The van der Waals surface area contributed by atoms with Crippen LogP contribution in [0.3, 0.4) is 0 Å². The second-order valence-electron chi connectivity index (χ2n) is 6.03. The van der Waals surface area contributed by atoms with Crippen molar-refractivity contribution in [1.82, 2.24) is 4.98 Å². The van der Waals surface area contributed by atoms with Gasteiger partial charge in [-0.15, -0.1) is 0 Å². The van der Waals surface area contributed by atoms with Crippen LogP contribution in [0.15, 0.2) is 67.0 Å². The molecule has 0 aliphatic carbocycles. The molecule has 0 saturated heterocycles. The highest BCUT2D eigenvalue weighted by Gasteiger charge is 2.08. The third-order valence-corrected chi connectivity index (χ3v) is 4.05. The van der Waals surface area contributed by atoms with Gasteiger partial charge in [-0.05, 0) is 48.7 Å². The lowest BCUT2D eigenvalue weighted by atomic mass is 10.1. The molecule has 1 amide bonds. The molecular formula is C21H20FN3O. The number of benzene rings is 2. The summed E-state index contributed by atoms with van der Waals surface area (Å²) in [6.07, 6.45) is 3.97. The molecule has 4 nitrogen and oxygen atoms in total. The van der Waals surface area contributed by atoms with Crippen LogP contribution in [0.2, 0.25) is 0 Å². The minimum Gasteiger partial charge on any atom is -0.383 e. The number of carbonyl (C=O) groups excluding carboxylic acids is 1. The van der Waals surface area contributed by atoms with Gasteiger partial charge in [0.25, 0.3) is 5.91 Å². The maximum Gasteiger partial charge on any atom is 0.257 e. The molecule has 3 rings (SSSR count). The lowest BCUT2D eigenvalue weighted by Crippen LogP contribution is -2.14. The molecule has 0 bridgehead atoms. The van der Waals surface area contributed by atoms with E-state index in [1.807, 2.05) is 31.2 Å². The molecule has 1 heterocycles. The molecule has 5 heteroatoms. The first-order valence-corrected chi connectivity index (χ1v) is 8.42. The molecule has 0 fully saturated rings. The van der Waals surface area contributed by atoms with Gasteiger partial charge in [0.1, 0.15) is 5.82 Å². The van der Waals surface area contributed by atoms with Crippen LogP contribution >= 0.6 is 0 Å². The minimum absolute atomic E-state index is 0.200. The van der Waals surface area contributed by atoms with Gasteiger partial charge < -0.3 is 10.6 Å². The quantitative estimate of drug-likeness (QED) is 0.692. The Kier molecular flexibility index (Phi) is 5.59. The number of para-hydroxylation sites is 1. The molecule has 2 aromatic carbocycles. The van der Waals surface area contributed by atoms with Gasteiger partial charge in [-0.3, -0.25) is 9.78 Å². The molecule has 0 saturated carbocycles. The van der Waals surface area contributed by atoms with Gasteiger partial charge in [0, 0.05) is 24.6 Å². The normalized spacial score (nSPS) is 10.4. The summed E-state index contributed by atoms with van der Waals surface area (Å²) in [4.78, 5) is 16.6. The third kappa shape index (κ3) is 4.66. The van der Waals surface area contributed by atoms with Crippen LogP contribution in [0.25, 0.3) is 0 Å². The summed E-state index contributed by atoms with van der Waals surface area (Å²) in [5.74, 6) is -0.438. The Morgan fingerprint density at radius 1 is 1.08 bits per heavy atom. The van der Waals surface area contributed by atoms with E-state index in [1.165, 1.54) is 12.1 Å². The van der Waals surface area contributed by atoms with Crippen LogP contribution in [0, 0.1) is 12.7 Å². The van der Waals surface area contributed by atoms with Crippen molar-refractivity contribution in [3.8, 4) is 0 Å². The van der Waals surface area contributed by atoms with Crippen molar-refractivity contribution in [2.45, 2.75) is 13.3 Å². The highest BCUT2D eigenvalue weighted by Crippen LogP contribution is 2.16. The van der Waals surface area contributed by atoms with E-state index in [1.54, 1.807) is 30.6 Å². The number of carbonyl (C=O) groups is 1. The zero-order chi connectivity index (χ0) is 18.4. The number of rotatable bonds is 6. The minimum atomic E-state index is -0.238. The summed E-state index contributed by atoms with van der Waals surface area (Å²) >= 11 is 0. The van der Waals surface area contributed by atoms with Gasteiger partial charge in [-0.25, -0.2) is 4.39 Å². The molecule has 26 heavy (non-hydrogen) atoms. The van der Waals surface area contributed by atoms with Gasteiger partial charge >= 0.3 is 0 Å². The topological polar surface area (TPSA) is 54.0 Å². The van der Waals surface area contributed by atoms with E-state index in [0.717, 1.165) is 28.9 Å². The predicted octanol–water partition coefficient (Wildman–Crippen LogP) is 4.44. The molecule has 0 radical (unpaired) electrons. The molecule has 2 N–H and O–H groups in total. The maximum atomic E-state index is 12.9. The number of hydrogen-bond acceptors (Lipinski definition) is 3. The van der Waals surface area contributed by atoms with Crippen molar-refractivity contribution in [2.24, 2.45) is 0 Å². The van der Waals surface area contributed by atoms with E-state index in [2.05, 4.69) is 15.6 Å². The second kappa shape index (κ2) is 8.25. The molecular weight excluding hydrogens is 329 g/mol. The lowest BCUT2D eigenvalue weighted by molar-refractivity contribution is 0.102. The van der Waals surface area contributed by atoms with Gasteiger partial charge in [0.15, 0.2) is 0 Å². The Balaban J connectivity index is 1.59. The number of anilines is 2. The maximum absolute atomic E-state index is 12.9. The summed E-state index contributed by atoms with van der Waals surface area (Å²) in [6, 6.07) is 15.8. The fourth-order valence-electron chi connectivity index (χ4n) is 2.57. The standard InChI is InChI=1S/C21H20FN3O/c1-15-4-2-3-5-20(15)25-21(26)17-12-19(14-23-13-17)24-11-10-16-6-8-18(22)9-7-16/h2-9,12-14,24H,10-11H2,1H3,(H,25,26). The first-order valence-electron chi connectivity index (χ1n) is 8.42. The number of nitrogens with zero attached hydrogens (tertiary/aromatic N) is 1. The SMILES string of the molecule is Cc1ccccc1NC(=O)c1cncc(NCCc2ccc(F)cc2)c1. The van der Waals surface area contributed by atoms with Crippen molar-refractivity contribution >= 4 is 17.3 Å². The molecule has 0 spiro atoms. The Bertz CT molecular complexity index is 894. The first kappa shape index (κ1) is 17.6. The van der Waals surface area contributed by atoms with E-state index in [-0.39, 0.29) is 11.7 Å². The zero-order valence-corrected chi connectivity index (χ0v) is 14.5. The highest BCUT2D eigenvalue weighted by molar-refractivity contribution is 6.04. The average molecular weight is 349 g/mol. The van der Waals surface area contributed by atoms with Gasteiger partial charge in [0.05, 0.1) is 11.3 Å². The van der Waals surface area contributed by atoms with Crippen molar-refractivity contribution in [2.75, 3.05) is 17.2 Å². The predicted molar refractivity (Wildman–Crippen MR) is 102 cm³/mol. The molecule has 0 aliphatic rings. The molecule has 0 atom stereocenters. The van der Waals surface area contributed by atoms with Crippen molar-refractivity contribution in [3.63, 3.8) is 0 Å². The highest BCUT2D eigenvalue weighted by atomic mass is 19.1. The number of pyridine rings is 1. The summed E-state index contributed by atoms with van der Waals surface area (Å²) in [5, 5.41) is 6.14. The second-order valence-corrected chi connectivity index (χ2v) is 6.03. The summed E-state index contributed by atoms with van der Waals surface area (Å²) in [5.41, 5.74) is 4.08. The largest absolute Gasteiger partial charge is 0.383 e. The van der Waals surface area contributed by atoms with Crippen molar-refractivity contribution < 1.29 is 9.18 Å². The van der Waals surface area contributed by atoms with Gasteiger partial charge in [-0.1, -0.05) is 30.3 Å². The number of aryl methyl sites for hydroxylation is 1. The summed E-state index contributed by atoms with van der Waals surface area (Å²) in [7, 11) is 0. The molecule has 132 valence electrons. The van der Waals surface area contributed by atoms with Crippen molar-refractivity contribution in [1.29, 1.82) is 0 Å². The number of amides is 1. The van der Waals surface area contributed by atoms with Gasteiger partial charge in [-0.2, -0.15) is 0 Å². The Hall–Kier alpha value is -3.21. The number of nitrogens with one attached hydrogen (secondary N) is 2. The molecule has 1 aromatic heterocycles. The van der Waals surface area contributed by atoms with Crippen LogP contribution < -0.4 is 10.6 Å². The molecule has 0 aliphatic heterocycles. The fraction of sp³-hybridized carbons (Fsp3) is 0.143. The van der Waals surface area contributed by atoms with Crippen LogP contribution in [0.1, 0.15) is 21.5 Å². The number of hydrogen-bond donors (Lipinski definition) is 2. The van der Waals surface area contributed by atoms with Crippen LogP contribution in [-0.2, 0) is 6.42 Å². The summed E-state index contributed by atoms with van der Waals surface area (Å²) < 4.78 is 12.9. The summed E-state index contributed by atoms with van der Waals surface area (Å²) in [6.45, 7) is 2.61. The smallest absolute Gasteiger partial charge is 0.257 e. The van der Waals surface area contributed by atoms with Crippen LogP contribution in [0.4, 0.5) is 15.8 Å². The third-order valence-electron chi connectivity index (χ3n) is 4.05. The fourth-order valence-corrected chi connectivity index (χ4v) is 2.57. The van der Waals surface area contributed by atoms with Crippen LogP contribution in [0.5, 0.6) is 0 Å². The van der Waals surface area contributed by atoms with E-state index >= 15 is 0 Å². The van der Waals surface area contributed by atoms with E-state index in [4.69, 9.17) is 0 Å². The van der Waals surface area contributed by atoms with Gasteiger partial charge in [0.2, 0.25) is 0 Å². The lowest BCUT2D eigenvalue weighted by Gasteiger charge is -2.10. The van der Waals surface area contributed by atoms with Crippen molar-refractivity contribution in [3.05, 3.63) is 89.5 Å². The molecule has 0 unspecified atom stereocenters. The number of aromatic nitrogens is 1. The first-order chi connectivity index (χ1) is 12.6. The monoisotopic (exact) mass is 349 g/mol. The van der Waals surface area contributed by atoms with Crippen LogP contribution in [-0.4, -0.2) is 17.4 Å². The Labute approximate surface area is 152 Å². The zero-order valence-electron chi connectivity index (χ0n) is 14.5. The molecule has 3 aromatic rings. The average Bonchev–Trinajstić information content (AvgIpc) is 2.65.